The normalized spacial score (nSPS) is 12.4. The van der Waals surface area contributed by atoms with E-state index in [2.05, 4.69) is 10.4 Å². The number of aromatic nitrogens is 2. The number of hydrogen-bond acceptors (Lipinski definition) is 3. The summed E-state index contributed by atoms with van der Waals surface area (Å²) in [6, 6.07) is 11.6. The van der Waals surface area contributed by atoms with Gasteiger partial charge in [0.2, 0.25) is 5.91 Å². The first-order valence-corrected chi connectivity index (χ1v) is 6.95. The van der Waals surface area contributed by atoms with Crippen LogP contribution in [-0.2, 0) is 17.9 Å². The number of rotatable bonds is 5. The zero-order valence-electron chi connectivity index (χ0n) is 11.8. The lowest BCUT2D eigenvalue weighted by Gasteiger charge is -2.11. The summed E-state index contributed by atoms with van der Waals surface area (Å²) in [7, 11) is 0. The molecule has 0 spiro atoms. The maximum Gasteiger partial charge on any atom is 0.225 e. The topological polar surface area (TPSA) is 60.1 Å². The lowest BCUT2D eigenvalue weighted by Crippen LogP contribution is -2.31. The van der Waals surface area contributed by atoms with E-state index < -0.39 is 0 Å². The van der Waals surface area contributed by atoms with E-state index in [0.717, 1.165) is 16.7 Å². The zero-order chi connectivity index (χ0) is 14.7. The number of amides is 1. The van der Waals surface area contributed by atoms with Crippen LogP contribution in [0.1, 0.15) is 12.7 Å². The van der Waals surface area contributed by atoms with E-state index >= 15 is 0 Å². The third-order valence-corrected chi connectivity index (χ3v) is 3.38. The first-order chi connectivity index (χ1) is 10.2. The van der Waals surface area contributed by atoms with Gasteiger partial charge in [-0.05, 0) is 18.2 Å². The number of furan rings is 1. The molecule has 0 fully saturated rings. The quantitative estimate of drug-likeness (QED) is 0.783. The van der Waals surface area contributed by atoms with Crippen molar-refractivity contribution in [2.45, 2.75) is 20.0 Å². The summed E-state index contributed by atoms with van der Waals surface area (Å²) in [5.74, 6) is 0.607. The molecule has 1 N–H and O–H groups in total. The molecule has 0 aliphatic carbocycles. The number of hydrogen-bond donors (Lipinski definition) is 1. The monoisotopic (exact) mass is 283 g/mol. The average Bonchev–Trinajstić information content (AvgIpc) is 3.13. The first-order valence-electron chi connectivity index (χ1n) is 6.95. The molecule has 0 bridgehead atoms. The van der Waals surface area contributed by atoms with Crippen LogP contribution in [0, 0.1) is 5.92 Å². The van der Waals surface area contributed by atoms with Gasteiger partial charge in [-0.2, -0.15) is 5.10 Å². The summed E-state index contributed by atoms with van der Waals surface area (Å²) < 4.78 is 7.43. The molecule has 1 aromatic carbocycles. The predicted molar refractivity (Wildman–Crippen MR) is 79.5 cm³/mol. The number of nitrogens with one attached hydrogen (secondary N) is 1. The molecule has 108 valence electrons. The van der Waals surface area contributed by atoms with Crippen molar-refractivity contribution in [3.8, 4) is 0 Å². The van der Waals surface area contributed by atoms with Crippen LogP contribution in [0.25, 0.3) is 11.0 Å². The van der Waals surface area contributed by atoms with E-state index in [4.69, 9.17) is 4.42 Å². The van der Waals surface area contributed by atoms with Gasteiger partial charge in [0.05, 0.1) is 19.0 Å². The Labute approximate surface area is 122 Å². The number of fused-ring (bicyclic) bond motifs is 1. The van der Waals surface area contributed by atoms with Crippen molar-refractivity contribution in [1.82, 2.24) is 15.1 Å². The largest absolute Gasteiger partial charge is 0.459 e. The summed E-state index contributed by atoms with van der Waals surface area (Å²) in [6.07, 6.45) is 3.56. The molecule has 0 aliphatic heterocycles. The van der Waals surface area contributed by atoms with Crippen LogP contribution in [0.15, 0.2) is 53.2 Å². The number of para-hydroxylation sites is 1. The van der Waals surface area contributed by atoms with E-state index in [1.165, 1.54) is 0 Å². The van der Waals surface area contributed by atoms with Gasteiger partial charge in [0.15, 0.2) is 0 Å². The van der Waals surface area contributed by atoms with Gasteiger partial charge in [0.1, 0.15) is 11.3 Å². The van der Waals surface area contributed by atoms with Gasteiger partial charge in [-0.25, -0.2) is 0 Å². The van der Waals surface area contributed by atoms with Crippen LogP contribution < -0.4 is 5.32 Å². The van der Waals surface area contributed by atoms with E-state index in [0.29, 0.717) is 13.1 Å². The highest BCUT2D eigenvalue weighted by Gasteiger charge is 2.14. The molecule has 5 heteroatoms. The Morgan fingerprint density at radius 2 is 2.24 bits per heavy atom. The van der Waals surface area contributed by atoms with E-state index in [1.54, 1.807) is 10.9 Å². The average molecular weight is 283 g/mol. The van der Waals surface area contributed by atoms with Crippen LogP contribution in [-0.4, -0.2) is 15.7 Å². The van der Waals surface area contributed by atoms with Crippen LogP contribution >= 0.6 is 0 Å². The highest BCUT2D eigenvalue weighted by molar-refractivity contribution is 5.79. The van der Waals surface area contributed by atoms with Crippen LogP contribution in [0.3, 0.4) is 0 Å². The van der Waals surface area contributed by atoms with Crippen molar-refractivity contribution in [3.05, 3.63) is 54.6 Å². The Balaban J connectivity index is 1.57. The molecule has 2 heterocycles. The Hall–Kier alpha value is -2.56. The molecule has 0 saturated heterocycles. The van der Waals surface area contributed by atoms with Gasteiger partial charge in [0.25, 0.3) is 0 Å². The lowest BCUT2D eigenvalue weighted by molar-refractivity contribution is -0.125. The van der Waals surface area contributed by atoms with Crippen molar-refractivity contribution >= 4 is 16.9 Å². The fourth-order valence-electron chi connectivity index (χ4n) is 2.24. The number of carbonyl (C=O) groups is 1. The molecule has 0 radical (unpaired) electrons. The molecule has 21 heavy (non-hydrogen) atoms. The third-order valence-electron chi connectivity index (χ3n) is 3.38. The maximum absolute atomic E-state index is 12.1. The molecule has 1 unspecified atom stereocenters. The Morgan fingerprint density at radius 1 is 1.38 bits per heavy atom. The van der Waals surface area contributed by atoms with Crippen LogP contribution in [0.4, 0.5) is 0 Å². The molecule has 3 aromatic rings. The molecule has 3 rings (SSSR count). The summed E-state index contributed by atoms with van der Waals surface area (Å²) >= 11 is 0. The van der Waals surface area contributed by atoms with Gasteiger partial charge in [0, 0.05) is 17.8 Å². The summed E-state index contributed by atoms with van der Waals surface area (Å²) in [5, 5.41) is 8.05. The molecule has 2 aromatic heterocycles. The van der Waals surface area contributed by atoms with E-state index in [9.17, 15) is 4.79 Å². The fourth-order valence-corrected chi connectivity index (χ4v) is 2.24. The number of nitrogens with zero attached hydrogens (tertiary/aromatic N) is 2. The van der Waals surface area contributed by atoms with Crippen molar-refractivity contribution in [2.24, 2.45) is 5.92 Å². The Kier molecular flexibility index (Phi) is 3.73. The third kappa shape index (κ3) is 3.13. The Morgan fingerprint density at radius 3 is 3.00 bits per heavy atom. The van der Waals surface area contributed by atoms with Crippen molar-refractivity contribution in [3.63, 3.8) is 0 Å². The minimum absolute atomic E-state index is 0.00837. The van der Waals surface area contributed by atoms with Gasteiger partial charge in [-0.1, -0.05) is 25.1 Å². The molecule has 5 nitrogen and oxygen atoms in total. The first kappa shape index (κ1) is 13.4. The molecular weight excluding hydrogens is 266 g/mol. The van der Waals surface area contributed by atoms with E-state index in [-0.39, 0.29) is 11.8 Å². The van der Waals surface area contributed by atoms with Crippen molar-refractivity contribution < 1.29 is 9.21 Å². The second kappa shape index (κ2) is 5.83. The lowest BCUT2D eigenvalue weighted by atomic mass is 10.1. The molecule has 0 saturated carbocycles. The van der Waals surface area contributed by atoms with Gasteiger partial charge in [-0.15, -0.1) is 0 Å². The highest BCUT2D eigenvalue weighted by Crippen LogP contribution is 2.18. The fraction of sp³-hybridized carbons (Fsp3) is 0.250. The maximum atomic E-state index is 12.1. The molecule has 1 atom stereocenters. The van der Waals surface area contributed by atoms with Gasteiger partial charge >= 0.3 is 0 Å². The smallest absolute Gasteiger partial charge is 0.225 e. The summed E-state index contributed by atoms with van der Waals surface area (Å²) in [5.41, 5.74) is 0.839. The second-order valence-corrected chi connectivity index (χ2v) is 5.10. The minimum Gasteiger partial charge on any atom is -0.459 e. The molecular formula is C16H17N3O2. The van der Waals surface area contributed by atoms with Crippen molar-refractivity contribution in [1.29, 1.82) is 0 Å². The number of carbonyl (C=O) groups excluding carboxylic acids is 1. The Bertz CT molecular complexity index is 698. The van der Waals surface area contributed by atoms with Crippen LogP contribution in [0.2, 0.25) is 0 Å². The summed E-state index contributed by atoms with van der Waals surface area (Å²) in [6.45, 7) is 2.85. The highest BCUT2D eigenvalue weighted by atomic mass is 16.3. The molecule has 0 aliphatic rings. The van der Waals surface area contributed by atoms with E-state index in [1.807, 2.05) is 49.5 Å². The minimum atomic E-state index is -0.144. The predicted octanol–water partition coefficient (Wildman–Crippen LogP) is 2.58. The van der Waals surface area contributed by atoms with Crippen molar-refractivity contribution in [2.75, 3.05) is 0 Å². The van der Waals surface area contributed by atoms with Gasteiger partial charge < -0.3 is 9.73 Å². The SMILES string of the molecule is CC(Cn1cccn1)C(=O)NCc1cc2ccccc2o1. The zero-order valence-corrected chi connectivity index (χ0v) is 11.8. The number of benzene rings is 1. The molecule has 1 amide bonds. The standard InChI is InChI=1S/C16H17N3O2/c1-12(11-19-8-4-7-18-19)16(20)17-10-14-9-13-5-2-3-6-15(13)21-14/h2-9,12H,10-11H2,1H3,(H,17,20). The summed E-state index contributed by atoms with van der Waals surface area (Å²) in [4.78, 5) is 12.1. The second-order valence-electron chi connectivity index (χ2n) is 5.10. The van der Waals surface area contributed by atoms with Gasteiger partial charge in [-0.3, -0.25) is 9.48 Å². The van der Waals surface area contributed by atoms with Crippen LogP contribution in [0.5, 0.6) is 0 Å².